The normalized spacial score (nSPS) is 15.7. The number of rotatable bonds is 3. The standard InChI is InChI=1S/C18H22N2O/c1-3-17(21)15-10-11-18(19-13(15)2)20-12-6-8-14-7-4-5-9-16(14)20/h4-5,7,9-11,17,21H,3,6,8,12H2,1-2H3/t17-/m1/s1. The average Bonchev–Trinajstić information content (AvgIpc) is 2.53. The van der Waals surface area contributed by atoms with Crippen LogP contribution in [-0.4, -0.2) is 16.6 Å². The molecule has 3 nitrogen and oxygen atoms in total. The Balaban J connectivity index is 1.97. The predicted octanol–water partition coefficient (Wildman–Crippen LogP) is 3.92. The lowest BCUT2D eigenvalue weighted by molar-refractivity contribution is 0.172. The van der Waals surface area contributed by atoms with Gasteiger partial charge in [0.2, 0.25) is 0 Å². The van der Waals surface area contributed by atoms with Gasteiger partial charge in [-0.1, -0.05) is 31.2 Å². The molecular weight excluding hydrogens is 260 g/mol. The lowest BCUT2D eigenvalue weighted by Gasteiger charge is -2.31. The quantitative estimate of drug-likeness (QED) is 0.927. The minimum atomic E-state index is -0.416. The topological polar surface area (TPSA) is 36.4 Å². The summed E-state index contributed by atoms with van der Waals surface area (Å²) in [6, 6.07) is 12.6. The van der Waals surface area contributed by atoms with E-state index in [2.05, 4.69) is 29.2 Å². The summed E-state index contributed by atoms with van der Waals surface area (Å²) in [6.45, 7) is 4.96. The van der Waals surface area contributed by atoms with Crippen LogP contribution in [0.15, 0.2) is 36.4 Å². The molecule has 1 aromatic heterocycles. The molecule has 0 aliphatic carbocycles. The van der Waals surface area contributed by atoms with Crippen molar-refractivity contribution in [3.05, 3.63) is 53.2 Å². The van der Waals surface area contributed by atoms with E-state index in [-0.39, 0.29) is 0 Å². The number of anilines is 2. The highest BCUT2D eigenvalue weighted by Gasteiger charge is 2.19. The highest BCUT2D eigenvalue weighted by molar-refractivity contribution is 5.65. The van der Waals surface area contributed by atoms with Gasteiger partial charge in [0.15, 0.2) is 0 Å². The van der Waals surface area contributed by atoms with Crippen LogP contribution in [0.25, 0.3) is 0 Å². The summed E-state index contributed by atoms with van der Waals surface area (Å²) in [6.07, 6.45) is 2.59. The van der Waals surface area contributed by atoms with Gasteiger partial charge in [0.05, 0.1) is 6.10 Å². The van der Waals surface area contributed by atoms with Gasteiger partial charge in [-0.25, -0.2) is 4.98 Å². The lowest BCUT2D eigenvalue weighted by atomic mass is 10.0. The maximum Gasteiger partial charge on any atom is 0.133 e. The van der Waals surface area contributed by atoms with Gasteiger partial charge in [-0.2, -0.15) is 0 Å². The maximum absolute atomic E-state index is 10.0. The van der Waals surface area contributed by atoms with Crippen molar-refractivity contribution < 1.29 is 5.11 Å². The van der Waals surface area contributed by atoms with Crippen LogP contribution in [0.4, 0.5) is 11.5 Å². The molecule has 0 bridgehead atoms. The van der Waals surface area contributed by atoms with E-state index in [0.717, 1.165) is 36.5 Å². The highest BCUT2D eigenvalue weighted by atomic mass is 16.3. The molecule has 0 amide bonds. The summed E-state index contributed by atoms with van der Waals surface area (Å²) in [4.78, 5) is 7.02. The number of pyridine rings is 1. The van der Waals surface area contributed by atoms with Crippen molar-refractivity contribution >= 4 is 11.5 Å². The first-order chi connectivity index (χ1) is 10.2. The fraction of sp³-hybridized carbons (Fsp3) is 0.389. The first-order valence-corrected chi connectivity index (χ1v) is 7.71. The van der Waals surface area contributed by atoms with Crippen molar-refractivity contribution in [2.45, 2.75) is 39.2 Å². The summed E-state index contributed by atoms with van der Waals surface area (Å²) in [5.74, 6) is 0.978. The third-order valence-electron chi connectivity index (χ3n) is 4.24. The number of fused-ring (bicyclic) bond motifs is 1. The number of hydrogen-bond donors (Lipinski definition) is 1. The van der Waals surface area contributed by atoms with Gasteiger partial charge in [-0.15, -0.1) is 0 Å². The number of nitrogens with zero attached hydrogens (tertiary/aromatic N) is 2. The molecule has 2 heterocycles. The molecule has 1 N–H and O–H groups in total. The van der Waals surface area contributed by atoms with Gasteiger partial charge < -0.3 is 10.0 Å². The lowest BCUT2D eigenvalue weighted by Crippen LogP contribution is -2.25. The molecule has 110 valence electrons. The first kappa shape index (κ1) is 14.1. The van der Waals surface area contributed by atoms with Crippen LogP contribution in [0.2, 0.25) is 0 Å². The van der Waals surface area contributed by atoms with Gasteiger partial charge in [0.25, 0.3) is 0 Å². The Kier molecular flexibility index (Phi) is 3.93. The van der Waals surface area contributed by atoms with Crippen LogP contribution >= 0.6 is 0 Å². The van der Waals surface area contributed by atoms with Crippen LogP contribution in [0, 0.1) is 6.92 Å². The average molecular weight is 282 g/mol. The molecule has 1 aliphatic heterocycles. The summed E-state index contributed by atoms with van der Waals surface area (Å²) >= 11 is 0. The second kappa shape index (κ2) is 5.86. The molecule has 1 aromatic carbocycles. The fourth-order valence-electron chi connectivity index (χ4n) is 3.05. The van der Waals surface area contributed by atoms with Gasteiger partial charge in [-0.3, -0.25) is 0 Å². The monoisotopic (exact) mass is 282 g/mol. The van der Waals surface area contributed by atoms with E-state index in [9.17, 15) is 5.11 Å². The predicted molar refractivity (Wildman–Crippen MR) is 86.0 cm³/mol. The van der Waals surface area contributed by atoms with Gasteiger partial charge in [-0.05, 0) is 43.9 Å². The molecular formula is C18H22N2O. The Morgan fingerprint density at radius 3 is 2.81 bits per heavy atom. The van der Waals surface area contributed by atoms with E-state index < -0.39 is 6.10 Å². The SMILES string of the molecule is CC[C@@H](O)c1ccc(N2CCCc3ccccc32)nc1C. The van der Waals surface area contributed by atoms with Crippen molar-refractivity contribution in [2.24, 2.45) is 0 Å². The van der Waals surface area contributed by atoms with Crippen LogP contribution in [-0.2, 0) is 6.42 Å². The van der Waals surface area contributed by atoms with E-state index in [1.54, 1.807) is 0 Å². The number of hydrogen-bond acceptors (Lipinski definition) is 3. The molecule has 0 saturated carbocycles. The number of para-hydroxylation sites is 1. The molecule has 0 saturated heterocycles. The molecule has 1 aliphatic rings. The molecule has 3 heteroatoms. The summed E-state index contributed by atoms with van der Waals surface area (Å²) < 4.78 is 0. The van der Waals surface area contributed by atoms with Crippen molar-refractivity contribution in [2.75, 3.05) is 11.4 Å². The van der Waals surface area contributed by atoms with E-state index in [4.69, 9.17) is 4.98 Å². The number of benzene rings is 1. The first-order valence-electron chi connectivity index (χ1n) is 7.71. The Bertz CT molecular complexity index is 639. The minimum absolute atomic E-state index is 0.416. The van der Waals surface area contributed by atoms with Crippen LogP contribution in [0.5, 0.6) is 0 Å². The molecule has 21 heavy (non-hydrogen) atoms. The summed E-state index contributed by atoms with van der Waals surface area (Å²) in [7, 11) is 0. The number of aliphatic hydroxyl groups excluding tert-OH is 1. The number of aromatic nitrogens is 1. The van der Waals surface area contributed by atoms with E-state index in [0.29, 0.717) is 6.42 Å². The van der Waals surface area contributed by atoms with E-state index in [1.807, 2.05) is 26.0 Å². The van der Waals surface area contributed by atoms with Gasteiger partial charge in [0, 0.05) is 23.5 Å². The largest absolute Gasteiger partial charge is 0.388 e. The fourth-order valence-corrected chi connectivity index (χ4v) is 3.05. The zero-order valence-electron chi connectivity index (χ0n) is 12.7. The number of aryl methyl sites for hydroxylation is 2. The van der Waals surface area contributed by atoms with Gasteiger partial charge >= 0.3 is 0 Å². The maximum atomic E-state index is 10.0. The molecule has 3 rings (SSSR count). The summed E-state index contributed by atoms with van der Waals surface area (Å²) in [5.41, 5.74) is 4.51. The zero-order valence-corrected chi connectivity index (χ0v) is 12.7. The van der Waals surface area contributed by atoms with Crippen molar-refractivity contribution in [3.8, 4) is 0 Å². The molecule has 0 radical (unpaired) electrons. The van der Waals surface area contributed by atoms with E-state index >= 15 is 0 Å². The Morgan fingerprint density at radius 1 is 1.24 bits per heavy atom. The van der Waals surface area contributed by atoms with Crippen molar-refractivity contribution in [3.63, 3.8) is 0 Å². The molecule has 0 unspecified atom stereocenters. The van der Waals surface area contributed by atoms with Crippen LogP contribution < -0.4 is 4.90 Å². The Labute approximate surface area is 126 Å². The van der Waals surface area contributed by atoms with E-state index in [1.165, 1.54) is 11.3 Å². The second-order valence-corrected chi connectivity index (χ2v) is 5.65. The summed E-state index contributed by atoms with van der Waals surface area (Å²) in [5, 5.41) is 10.0. The third kappa shape index (κ3) is 2.66. The zero-order chi connectivity index (χ0) is 14.8. The van der Waals surface area contributed by atoms with Crippen molar-refractivity contribution in [1.29, 1.82) is 0 Å². The Morgan fingerprint density at radius 2 is 2.05 bits per heavy atom. The third-order valence-corrected chi connectivity index (χ3v) is 4.24. The molecule has 2 aromatic rings. The molecule has 1 atom stereocenters. The van der Waals surface area contributed by atoms with Crippen molar-refractivity contribution in [1.82, 2.24) is 4.98 Å². The minimum Gasteiger partial charge on any atom is -0.388 e. The smallest absolute Gasteiger partial charge is 0.133 e. The van der Waals surface area contributed by atoms with Gasteiger partial charge in [0.1, 0.15) is 5.82 Å². The molecule has 0 spiro atoms. The second-order valence-electron chi connectivity index (χ2n) is 5.65. The van der Waals surface area contributed by atoms with Crippen LogP contribution in [0.3, 0.4) is 0 Å². The highest BCUT2D eigenvalue weighted by Crippen LogP contribution is 2.33. The molecule has 0 fully saturated rings. The number of aliphatic hydroxyl groups is 1. The Hall–Kier alpha value is -1.87. The van der Waals surface area contributed by atoms with Crippen LogP contribution in [0.1, 0.15) is 42.7 Å².